The van der Waals surface area contributed by atoms with Gasteiger partial charge in [0.1, 0.15) is 11.3 Å². The molecule has 3 rings (SSSR count). The van der Waals surface area contributed by atoms with Crippen molar-refractivity contribution in [3.05, 3.63) is 42.2 Å². The first-order chi connectivity index (χ1) is 9.26. The van der Waals surface area contributed by atoms with Crippen LogP contribution in [-0.4, -0.2) is 13.1 Å². The van der Waals surface area contributed by atoms with Gasteiger partial charge in [-0.2, -0.15) is 0 Å². The molecule has 0 amide bonds. The van der Waals surface area contributed by atoms with Gasteiger partial charge in [0.2, 0.25) is 0 Å². The first-order valence-corrected chi connectivity index (χ1v) is 6.92. The maximum atomic E-state index is 6.06. The van der Waals surface area contributed by atoms with Gasteiger partial charge in [0, 0.05) is 23.9 Å². The Kier molecular flexibility index (Phi) is 2.94. The van der Waals surface area contributed by atoms with Crippen molar-refractivity contribution in [3.63, 3.8) is 0 Å². The highest BCUT2D eigenvalue weighted by atomic mass is 16.3. The topological polar surface area (TPSA) is 16.4 Å². The third kappa shape index (κ3) is 1.79. The summed E-state index contributed by atoms with van der Waals surface area (Å²) >= 11 is 0. The number of nitrogens with zero attached hydrogens (tertiary/aromatic N) is 1. The van der Waals surface area contributed by atoms with Crippen molar-refractivity contribution >= 4 is 27.4 Å². The Labute approximate surface area is 113 Å². The van der Waals surface area contributed by atoms with Crippen molar-refractivity contribution in [3.8, 4) is 0 Å². The standard InChI is InChI=1S/C17H19NO/c1-4-18(5-2)16-12(3)19-17-14-9-7-6-8-13(14)10-11-15(16)17/h6-11H,4-5H2,1-3H3. The van der Waals surface area contributed by atoms with E-state index < -0.39 is 0 Å². The smallest absolute Gasteiger partial charge is 0.144 e. The number of anilines is 1. The highest BCUT2D eigenvalue weighted by Crippen LogP contribution is 2.37. The number of hydrogen-bond donors (Lipinski definition) is 0. The number of hydrogen-bond acceptors (Lipinski definition) is 2. The lowest BCUT2D eigenvalue weighted by atomic mass is 10.1. The van der Waals surface area contributed by atoms with Gasteiger partial charge in [-0.1, -0.05) is 30.3 Å². The van der Waals surface area contributed by atoms with Gasteiger partial charge < -0.3 is 9.32 Å². The van der Waals surface area contributed by atoms with Gasteiger partial charge in [0.05, 0.1) is 5.69 Å². The minimum atomic E-state index is 0.999. The molecule has 0 atom stereocenters. The number of aryl methyl sites for hydroxylation is 1. The van der Waals surface area contributed by atoms with Crippen LogP contribution in [0.4, 0.5) is 5.69 Å². The molecule has 0 aliphatic rings. The highest BCUT2D eigenvalue weighted by molar-refractivity contribution is 6.09. The molecule has 1 heterocycles. The van der Waals surface area contributed by atoms with Crippen LogP contribution in [-0.2, 0) is 0 Å². The molecule has 0 bridgehead atoms. The van der Waals surface area contributed by atoms with Crippen LogP contribution in [0.15, 0.2) is 40.8 Å². The minimum absolute atomic E-state index is 0.999. The second kappa shape index (κ2) is 4.61. The van der Waals surface area contributed by atoms with E-state index in [0.29, 0.717) is 0 Å². The van der Waals surface area contributed by atoms with Gasteiger partial charge in [-0.3, -0.25) is 0 Å². The molecule has 0 spiro atoms. The highest BCUT2D eigenvalue weighted by Gasteiger charge is 2.16. The van der Waals surface area contributed by atoms with Crippen molar-refractivity contribution in [2.24, 2.45) is 0 Å². The predicted molar refractivity (Wildman–Crippen MR) is 82.0 cm³/mol. The lowest BCUT2D eigenvalue weighted by Crippen LogP contribution is -2.22. The zero-order valence-electron chi connectivity index (χ0n) is 11.7. The Morgan fingerprint density at radius 2 is 1.68 bits per heavy atom. The molecule has 98 valence electrons. The Balaban J connectivity index is 2.36. The van der Waals surface area contributed by atoms with Crippen LogP contribution in [0.25, 0.3) is 21.7 Å². The summed E-state index contributed by atoms with van der Waals surface area (Å²) in [6.07, 6.45) is 0. The van der Waals surface area contributed by atoms with Crippen LogP contribution in [0.5, 0.6) is 0 Å². The van der Waals surface area contributed by atoms with E-state index in [1.54, 1.807) is 0 Å². The fourth-order valence-corrected chi connectivity index (χ4v) is 2.86. The van der Waals surface area contributed by atoms with E-state index in [0.717, 1.165) is 24.4 Å². The fourth-order valence-electron chi connectivity index (χ4n) is 2.86. The molecule has 2 nitrogen and oxygen atoms in total. The third-order valence-electron chi connectivity index (χ3n) is 3.80. The third-order valence-corrected chi connectivity index (χ3v) is 3.80. The second-order valence-electron chi connectivity index (χ2n) is 4.84. The average molecular weight is 253 g/mol. The summed E-state index contributed by atoms with van der Waals surface area (Å²) in [5.41, 5.74) is 2.25. The number of benzene rings is 2. The first kappa shape index (κ1) is 12.1. The van der Waals surface area contributed by atoms with Crippen LogP contribution in [0, 0.1) is 6.92 Å². The molecular weight excluding hydrogens is 234 g/mol. The largest absolute Gasteiger partial charge is 0.458 e. The van der Waals surface area contributed by atoms with Crippen LogP contribution in [0.2, 0.25) is 0 Å². The molecule has 0 fully saturated rings. The Hall–Kier alpha value is -1.96. The summed E-state index contributed by atoms with van der Waals surface area (Å²) in [5.74, 6) is 1.01. The maximum absolute atomic E-state index is 6.06. The van der Waals surface area contributed by atoms with Crippen molar-refractivity contribution in [1.82, 2.24) is 0 Å². The van der Waals surface area contributed by atoms with Crippen molar-refractivity contribution in [1.29, 1.82) is 0 Å². The molecule has 2 heteroatoms. The van der Waals surface area contributed by atoms with Crippen LogP contribution in [0.1, 0.15) is 19.6 Å². The number of furan rings is 1. The molecule has 0 unspecified atom stereocenters. The van der Waals surface area contributed by atoms with E-state index >= 15 is 0 Å². The van der Waals surface area contributed by atoms with E-state index in [9.17, 15) is 0 Å². The van der Waals surface area contributed by atoms with Crippen LogP contribution in [0.3, 0.4) is 0 Å². The van der Waals surface area contributed by atoms with Gasteiger partial charge in [-0.15, -0.1) is 0 Å². The van der Waals surface area contributed by atoms with Crippen molar-refractivity contribution in [2.75, 3.05) is 18.0 Å². The van der Waals surface area contributed by atoms with Crippen LogP contribution >= 0.6 is 0 Å². The van der Waals surface area contributed by atoms with E-state index in [-0.39, 0.29) is 0 Å². The van der Waals surface area contributed by atoms with Crippen molar-refractivity contribution < 1.29 is 4.42 Å². The summed E-state index contributed by atoms with van der Waals surface area (Å²) in [5, 5.41) is 3.65. The van der Waals surface area contributed by atoms with Gasteiger partial charge in [-0.25, -0.2) is 0 Å². The molecule has 19 heavy (non-hydrogen) atoms. The minimum Gasteiger partial charge on any atom is -0.458 e. The molecule has 3 aromatic rings. The fraction of sp³-hybridized carbons (Fsp3) is 0.294. The summed E-state index contributed by atoms with van der Waals surface area (Å²) in [6, 6.07) is 12.8. The number of rotatable bonds is 3. The van der Waals surface area contributed by atoms with E-state index in [4.69, 9.17) is 4.42 Å². The van der Waals surface area contributed by atoms with E-state index in [1.165, 1.54) is 21.8 Å². The monoisotopic (exact) mass is 253 g/mol. The van der Waals surface area contributed by atoms with Gasteiger partial charge in [0.15, 0.2) is 0 Å². The summed E-state index contributed by atoms with van der Waals surface area (Å²) in [6.45, 7) is 8.42. The summed E-state index contributed by atoms with van der Waals surface area (Å²) in [7, 11) is 0. The zero-order chi connectivity index (χ0) is 13.4. The van der Waals surface area contributed by atoms with Gasteiger partial charge in [-0.05, 0) is 32.2 Å². The first-order valence-electron chi connectivity index (χ1n) is 6.92. The Bertz CT molecular complexity index is 723. The molecule has 0 aliphatic heterocycles. The maximum Gasteiger partial charge on any atom is 0.144 e. The molecule has 0 radical (unpaired) electrons. The molecule has 0 saturated heterocycles. The summed E-state index contributed by atoms with van der Waals surface area (Å²) in [4.78, 5) is 2.36. The van der Waals surface area contributed by atoms with Gasteiger partial charge in [0.25, 0.3) is 0 Å². The predicted octanol–water partition coefficient (Wildman–Crippen LogP) is 4.74. The second-order valence-corrected chi connectivity index (χ2v) is 4.84. The van der Waals surface area contributed by atoms with Crippen LogP contribution < -0.4 is 4.90 Å². The summed E-state index contributed by atoms with van der Waals surface area (Å²) < 4.78 is 6.06. The average Bonchev–Trinajstić information content (AvgIpc) is 2.78. The molecule has 0 N–H and O–H groups in total. The molecule has 2 aromatic carbocycles. The molecular formula is C17H19NO. The molecule has 0 aliphatic carbocycles. The zero-order valence-corrected chi connectivity index (χ0v) is 11.7. The van der Waals surface area contributed by atoms with Crippen molar-refractivity contribution in [2.45, 2.75) is 20.8 Å². The Morgan fingerprint density at radius 1 is 0.947 bits per heavy atom. The Morgan fingerprint density at radius 3 is 2.42 bits per heavy atom. The SMILES string of the molecule is CCN(CC)c1c(C)oc2c1ccc1ccccc12. The normalized spacial score (nSPS) is 11.3. The quantitative estimate of drug-likeness (QED) is 0.670. The van der Waals surface area contributed by atoms with E-state index in [2.05, 4.69) is 62.1 Å². The lowest BCUT2D eigenvalue weighted by molar-refractivity contribution is 0.579. The van der Waals surface area contributed by atoms with Gasteiger partial charge >= 0.3 is 0 Å². The van der Waals surface area contributed by atoms with E-state index in [1.807, 2.05) is 0 Å². The number of fused-ring (bicyclic) bond motifs is 3. The molecule has 0 saturated carbocycles. The lowest BCUT2D eigenvalue weighted by Gasteiger charge is -2.20. The molecule has 1 aromatic heterocycles.